The van der Waals surface area contributed by atoms with Gasteiger partial charge in [0.2, 0.25) is 6.79 Å². The lowest BCUT2D eigenvalue weighted by atomic mass is 9.93. The Balaban J connectivity index is 1.84. The van der Waals surface area contributed by atoms with Crippen molar-refractivity contribution in [3.63, 3.8) is 0 Å². The molecule has 0 saturated heterocycles. The van der Waals surface area contributed by atoms with Crippen molar-refractivity contribution in [3.05, 3.63) is 64.7 Å². The van der Waals surface area contributed by atoms with Gasteiger partial charge in [0.05, 0.1) is 0 Å². The van der Waals surface area contributed by atoms with Crippen LogP contribution in [0.2, 0.25) is 5.02 Å². The van der Waals surface area contributed by atoms with Gasteiger partial charge in [0.15, 0.2) is 5.60 Å². The van der Waals surface area contributed by atoms with E-state index < -0.39 is 41.6 Å². The van der Waals surface area contributed by atoms with Crippen LogP contribution in [0.1, 0.15) is 77.2 Å². The van der Waals surface area contributed by atoms with Gasteiger partial charge >= 0.3 is 18.0 Å². The van der Waals surface area contributed by atoms with Gasteiger partial charge in [-0.3, -0.25) is 4.79 Å². The highest BCUT2D eigenvalue weighted by Gasteiger charge is 2.40. The SMILES string of the molecule is CCC(CC)(NC(=O)OC(C)(C)C)C(=O)OCOC(=O)C(C)(C)Oc1ccc(CCNC(=O)c2ccc(Cl)cc2)cc1. The van der Waals surface area contributed by atoms with Crippen molar-refractivity contribution in [2.45, 2.75) is 84.5 Å². The molecule has 0 spiro atoms. The van der Waals surface area contributed by atoms with Gasteiger partial charge < -0.3 is 29.6 Å². The maximum absolute atomic E-state index is 12.8. The number of benzene rings is 2. The molecule has 2 aromatic rings. The van der Waals surface area contributed by atoms with Gasteiger partial charge in [-0.25, -0.2) is 14.4 Å². The lowest BCUT2D eigenvalue weighted by molar-refractivity contribution is -0.181. The molecule has 2 N–H and O–H groups in total. The summed E-state index contributed by atoms with van der Waals surface area (Å²) in [7, 11) is 0. The molecule has 0 saturated carbocycles. The molecule has 0 unspecified atom stereocenters. The van der Waals surface area contributed by atoms with Crippen LogP contribution in [0.15, 0.2) is 48.5 Å². The summed E-state index contributed by atoms with van der Waals surface area (Å²) in [5, 5.41) is 6.02. The number of alkyl carbamates (subject to hydrolysis) is 1. The quantitative estimate of drug-likeness (QED) is 0.223. The predicted octanol–water partition coefficient (Wildman–Crippen LogP) is 5.60. The summed E-state index contributed by atoms with van der Waals surface area (Å²) in [5.74, 6) is -1.25. The maximum atomic E-state index is 12.8. The fourth-order valence-corrected chi connectivity index (χ4v) is 3.92. The highest BCUT2D eigenvalue weighted by atomic mass is 35.5. The number of esters is 2. The summed E-state index contributed by atoms with van der Waals surface area (Å²) < 4.78 is 21.5. The van der Waals surface area contributed by atoms with Crippen molar-refractivity contribution < 1.29 is 38.1 Å². The number of carbonyl (C=O) groups is 4. The first-order valence-corrected chi connectivity index (χ1v) is 14.2. The fraction of sp³-hybridized carbons (Fsp3) is 0.484. The summed E-state index contributed by atoms with van der Waals surface area (Å²) in [5.41, 5.74) is -1.97. The average Bonchev–Trinajstić information content (AvgIpc) is 2.91. The van der Waals surface area contributed by atoms with Crippen LogP contribution < -0.4 is 15.4 Å². The van der Waals surface area contributed by atoms with Crippen LogP contribution in [-0.2, 0) is 30.2 Å². The van der Waals surface area contributed by atoms with Gasteiger partial charge in [-0.05, 0) is 95.8 Å². The molecule has 0 aliphatic carbocycles. The zero-order valence-corrected chi connectivity index (χ0v) is 26.1. The number of nitrogens with one attached hydrogen (secondary N) is 2. The first-order chi connectivity index (χ1) is 19.6. The third-order valence-electron chi connectivity index (χ3n) is 6.31. The lowest BCUT2D eigenvalue weighted by Crippen LogP contribution is -2.55. The van der Waals surface area contributed by atoms with E-state index in [1.807, 2.05) is 12.1 Å². The maximum Gasteiger partial charge on any atom is 0.408 e. The van der Waals surface area contributed by atoms with Crippen LogP contribution in [0.5, 0.6) is 5.75 Å². The fourth-order valence-electron chi connectivity index (χ4n) is 3.80. The smallest absolute Gasteiger partial charge is 0.408 e. The minimum absolute atomic E-state index is 0.188. The second kappa shape index (κ2) is 14.9. The summed E-state index contributed by atoms with van der Waals surface area (Å²) >= 11 is 5.86. The van der Waals surface area contributed by atoms with Gasteiger partial charge in [0, 0.05) is 17.1 Å². The van der Waals surface area contributed by atoms with Gasteiger partial charge in [-0.1, -0.05) is 37.6 Å². The highest BCUT2D eigenvalue weighted by molar-refractivity contribution is 6.30. The average molecular weight is 605 g/mol. The van der Waals surface area contributed by atoms with Crippen LogP contribution in [0, 0.1) is 0 Å². The molecule has 11 heteroatoms. The molecule has 230 valence electrons. The van der Waals surface area contributed by atoms with Crippen LogP contribution >= 0.6 is 11.6 Å². The standard InChI is InChI=1S/C31H41ClN2O8/c1-8-31(9-2,34-28(38)42-29(3,4)5)27(37)40-20-39-26(36)30(6,7)41-24-16-10-21(11-17-24)18-19-33-25(35)22-12-14-23(32)15-13-22/h10-17H,8-9,18-20H2,1-7H3,(H,33,35)(H,34,38). The first-order valence-electron chi connectivity index (χ1n) is 13.8. The number of hydrogen-bond acceptors (Lipinski definition) is 8. The van der Waals surface area contributed by atoms with Crippen molar-refractivity contribution in [2.24, 2.45) is 0 Å². The van der Waals surface area contributed by atoms with Crippen LogP contribution in [0.4, 0.5) is 4.79 Å². The molecule has 2 rings (SSSR count). The van der Waals surface area contributed by atoms with Gasteiger partial charge in [-0.2, -0.15) is 0 Å². The van der Waals surface area contributed by atoms with E-state index in [1.165, 1.54) is 13.8 Å². The van der Waals surface area contributed by atoms with Crippen molar-refractivity contribution in [3.8, 4) is 5.75 Å². The molecular weight excluding hydrogens is 564 g/mol. The number of carbonyl (C=O) groups excluding carboxylic acids is 4. The Labute approximate surface area is 252 Å². The van der Waals surface area contributed by atoms with E-state index in [1.54, 1.807) is 71.0 Å². The summed E-state index contributed by atoms with van der Waals surface area (Å²) in [6, 6.07) is 13.7. The lowest BCUT2D eigenvalue weighted by Gasteiger charge is -2.31. The molecular formula is C31H41ClN2O8. The molecule has 0 fully saturated rings. The molecule has 0 heterocycles. The number of halogens is 1. The molecule has 0 aromatic heterocycles. The summed E-state index contributed by atoms with van der Waals surface area (Å²) in [6.07, 6.45) is 0.336. The first kappa shape index (κ1) is 34.4. The molecule has 0 atom stereocenters. The van der Waals surface area contributed by atoms with Crippen molar-refractivity contribution >= 4 is 35.5 Å². The third-order valence-corrected chi connectivity index (χ3v) is 6.56. The Morgan fingerprint density at radius 3 is 1.93 bits per heavy atom. The predicted molar refractivity (Wildman–Crippen MR) is 158 cm³/mol. The molecule has 0 aliphatic heterocycles. The normalized spacial score (nSPS) is 11.7. The van der Waals surface area contributed by atoms with Crippen molar-refractivity contribution in [1.29, 1.82) is 0 Å². The molecule has 0 bridgehead atoms. The Morgan fingerprint density at radius 2 is 1.38 bits per heavy atom. The molecule has 0 aliphatic rings. The van der Waals surface area contributed by atoms with E-state index in [-0.39, 0.29) is 18.7 Å². The topological polar surface area (TPSA) is 129 Å². The van der Waals surface area contributed by atoms with E-state index in [9.17, 15) is 19.2 Å². The number of hydrogen-bond donors (Lipinski definition) is 2. The summed E-state index contributed by atoms with van der Waals surface area (Å²) in [4.78, 5) is 50.1. The number of ether oxygens (including phenoxy) is 4. The number of rotatable bonds is 13. The van der Waals surface area contributed by atoms with Crippen LogP contribution in [-0.4, -0.2) is 54.0 Å². The third kappa shape index (κ3) is 10.6. The van der Waals surface area contributed by atoms with Gasteiger partial charge in [-0.15, -0.1) is 0 Å². The van der Waals surface area contributed by atoms with Crippen molar-refractivity contribution in [1.82, 2.24) is 10.6 Å². The molecule has 10 nitrogen and oxygen atoms in total. The molecule has 0 radical (unpaired) electrons. The van der Waals surface area contributed by atoms with Crippen LogP contribution in [0.3, 0.4) is 0 Å². The zero-order valence-electron chi connectivity index (χ0n) is 25.3. The van der Waals surface area contributed by atoms with E-state index in [0.29, 0.717) is 29.3 Å². The summed E-state index contributed by atoms with van der Waals surface area (Å²) in [6.45, 7) is 11.5. The van der Waals surface area contributed by atoms with Crippen molar-refractivity contribution in [2.75, 3.05) is 13.3 Å². The van der Waals surface area contributed by atoms with E-state index in [4.69, 9.17) is 30.5 Å². The molecule has 2 aromatic carbocycles. The minimum Gasteiger partial charge on any atom is -0.476 e. The van der Waals surface area contributed by atoms with E-state index in [2.05, 4.69) is 10.6 Å². The second-order valence-corrected chi connectivity index (χ2v) is 11.6. The monoisotopic (exact) mass is 604 g/mol. The Hall–Kier alpha value is -3.79. The minimum atomic E-state index is -1.39. The second-order valence-electron chi connectivity index (χ2n) is 11.2. The van der Waals surface area contributed by atoms with Crippen LogP contribution in [0.25, 0.3) is 0 Å². The Bertz CT molecular complexity index is 1220. The molecule has 2 amide bonds. The highest BCUT2D eigenvalue weighted by Crippen LogP contribution is 2.22. The largest absolute Gasteiger partial charge is 0.476 e. The Morgan fingerprint density at radius 1 is 0.810 bits per heavy atom. The van der Waals surface area contributed by atoms with Gasteiger partial charge in [0.25, 0.3) is 5.91 Å². The van der Waals surface area contributed by atoms with E-state index >= 15 is 0 Å². The zero-order chi connectivity index (χ0) is 31.6. The molecule has 42 heavy (non-hydrogen) atoms. The van der Waals surface area contributed by atoms with Gasteiger partial charge in [0.1, 0.15) is 16.9 Å². The Kier molecular flexibility index (Phi) is 12.2. The number of amides is 2. The van der Waals surface area contributed by atoms with E-state index in [0.717, 1.165) is 5.56 Å².